The fourth-order valence-corrected chi connectivity index (χ4v) is 5.05. The molecule has 2 heterocycles. The number of halogens is 1. The van der Waals surface area contributed by atoms with E-state index < -0.39 is 30.8 Å². The first-order valence-electron chi connectivity index (χ1n) is 14.8. The highest BCUT2D eigenvalue weighted by Gasteiger charge is 2.30. The van der Waals surface area contributed by atoms with Gasteiger partial charge in [-0.05, 0) is 78.0 Å². The second-order valence-corrected chi connectivity index (χ2v) is 9.55. The number of pyridine rings is 1. The van der Waals surface area contributed by atoms with Crippen molar-refractivity contribution in [3.8, 4) is 22.4 Å². The molecule has 0 unspecified atom stereocenters. The zero-order chi connectivity index (χ0) is 29.9. The molecule has 0 bridgehead atoms. The van der Waals surface area contributed by atoms with Crippen LogP contribution in [0.4, 0.5) is 4.39 Å². The molecule has 2 nitrogen and oxygen atoms in total. The number of aromatic nitrogens is 1. The van der Waals surface area contributed by atoms with Crippen LogP contribution in [-0.2, 0) is 19.8 Å². The molecule has 0 fully saturated rings. The van der Waals surface area contributed by atoms with Crippen LogP contribution in [0.5, 0.6) is 0 Å². The molecule has 0 spiro atoms. The van der Waals surface area contributed by atoms with E-state index in [1.54, 1.807) is 6.07 Å². The summed E-state index contributed by atoms with van der Waals surface area (Å²) in [6, 6.07) is 15.0. The summed E-state index contributed by atoms with van der Waals surface area (Å²) < 4.78 is 84.4. The van der Waals surface area contributed by atoms with Crippen LogP contribution in [0.2, 0.25) is 0 Å². The molecule has 5 aromatic rings. The monoisotopic (exact) mass is 457 g/mol. The van der Waals surface area contributed by atoms with Gasteiger partial charge in [0.05, 0.1) is 11.1 Å². The summed E-state index contributed by atoms with van der Waals surface area (Å²) in [5.74, 6) is -0.716. The summed E-state index contributed by atoms with van der Waals surface area (Å²) >= 11 is 0. The topological polar surface area (TPSA) is 17.0 Å². The normalized spacial score (nSPS) is 21.1. The first kappa shape index (κ1) is 14.7. The Labute approximate surface area is 209 Å². The molecule has 0 aliphatic heterocycles. The lowest BCUT2D eigenvalue weighted by Gasteiger charge is -2.14. The maximum absolute atomic E-state index is 15.9. The number of fused-ring (bicyclic) bond motifs is 4. The van der Waals surface area contributed by atoms with E-state index in [1.807, 2.05) is 55.1 Å². The van der Waals surface area contributed by atoms with Gasteiger partial charge in [0.2, 0.25) is 5.69 Å². The van der Waals surface area contributed by atoms with Gasteiger partial charge >= 0.3 is 0 Å². The van der Waals surface area contributed by atoms with Crippen molar-refractivity contribution in [3.05, 3.63) is 88.9 Å². The molecule has 1 aliphatic carbocycles. The van der Waals surface area contributed by atoms with Gasteiger partial charge in [-0.25, -0.2) is 8.96 Å². The highest BCUT2D eigenvalue weighted by atomic mass is 19.1. The van der Waals surface area contributed by atoms with Crippen molar-refractivity contribution in [3.63, 3.8) is 0 Å². The molecule has 3 heteroatoms. The Bertz CT molecular complexity index is 1900. The fraction of sp³-hybridized carbons (Fsp3) is 0.258. The van der Waals surface area contributed by atoms with Gasteiger partial charge in [0, 0.05) is 32.5 Å². The molecule has 0 amide bonds. The maximum atomic E-state index is 15.9. The van der Waals surface area contributed by atoms with Crippen LogP contribution >= 0.6 is 0 Å². The Morgan fingerprint density at radius 3 is 2.38 bits per heavy atom. The van der Waals surface area contributed by atoms with E-state index in [9.17, 15) is 0 Å². The molecule has 0 radical (unpaired) electrons. The lowest BCUT2D eigenvalue weighted by atomic mass is 9.90. The van der Waals surface area contributed by atoms with E-state index in [0.29, 0.717) is 11.0 Å². The van der Waals surface area contributed by atoms with Crippen molar-refractivity contribution in [2.75, 3.05) is 0 Å². The quantitative estimate of drug-likeness (QED) is 0.249. The van der Waals surface area contributed by atoms with Crippen LogP contribution < -0.4 is 4.57 Å². The second kappa shape index (κ2) is 7.27. The Hall–Kier alpha value is -3.46. The van der Waals surface area contributed by atoms with E-state index in [1.165, 1.54) is 32.0 Å². The minimum absolute atomic E-state index is 0.0101. The largest absolute Gasteiger partial charge is 0.454 e. The highest BCUT2D eigenvalue weighted by molar-refractivity contribution is 6.13. The molecule has 0 N–H and O–H groups in total. The molecular weight excluding hydrogens is 421 g/mol. The molecule has 0 atom stereocenters. The van der Waals surface area contributed by atoms with Crippen LogP contribution in [0.15, 0.2) is 65.2 Å². The number of nitrogens with zero attached hydrogens (tertiary/aromatic N) is 1. The number of rotatable bonds is 2. The number of hydrogen-bond acceptors (Lipinski definition) is 1. The van der Waals surface area contributed by atoms with Gasteiger partial charge in [0.25, 0.3) is 0 Å². The maximum Gasteiger partial charge on any atom is 0.216 e. The summed E-state index contributed by atoms with van der Waals surface area (Å²) in [5.41, 5.74) is 1.42. The molecule has 2 aromatic heterocycles. The van der Waals surface area contributed by atoms with Crippen LogP contribution in [0.3, 0.4) is 0 Å². The summed E-state index contributed by atoms with van der Waals surface area (Å²) in [7, 11) is 1.92. The molecule has 0 saturated carbocycles. The Morgan fingerprint density at radius 2 is 1.65 bits per heavy atom. The van der Waals surface area contributed by atoms with Crippen molar-refractivity contribution in [2.24, 2.45) is 12.5 Å². The third-order valence-corrected chi connectivity index (χ3v) is 6.60. The fourth-order valence-electron chi connectivity index (χ4n) is 5.05. The van der Waals surface area contributed by atoms with E-state index >= 15 is 4.39 Å². The lowest BCUT2D eigenvalue weighted by Crippen LogP contribution is -2.30. The van der Waals surface area contributed by atoms with Gasteiger partial charge in [-0.3, -0.25) is 0 Å². The van der Waals surface area contributed by atoms with E-state index in [-0.39, 0.29) is 33.4 Å². The molecular formula is C31H29FNO+. The predicted molar refractivity (Wildman–Crippen MR) is 136 cm³/mol. The van der Waals surface area contributed by atoms with E-state index in [0.717, 1.165) is 22.2 Å². The average Bonchev–Trinajstić information content (AvgIpc) is 3.29. The molecule has 170 valence electrons. The standard InChI is InChI=1S/C31H29FNO/c1-18-9-10-22-23-11-12-25(32)28(24-15-21-17-31(3,4)16-20(21)14-19(24)2)30(23)34-29(22)27(18)26-8-6-7-13-33(26)5/h6-15H,16-17H2,1-5H3/q+1/i2D3,16D2,17D2. The van der Waals surface area contributed by atoms with Gasteiger partial charge < -0.3 is 4.42 Å². The average molecular weight is 458 g/mol. The summed E-state index contributed by atoms with van der Waals surface area (Å²) in [4.78, 5) is 0. The highest BCUT2D eigenvalue weighted by Crippen LogP contribution is 2.44. The molecule has 6 rings (SSSR count). The van der Waals surface area contributed by atoms with Crippen molar-refractivity contribution < 1.29 is 23.0 Å². The second-order valence-electron chi connectivity index (χ2n) is 9.55. The van der Waals surface area contributed by atoms with Crippen LogP contribution in [0.1, 0.15) is 45.7 Å². The number of furan rings is 1. The van der Waals surface area contributed by atoms with Crippen molar-refractivity contribution >= 4 is 21.9 Å². The van der Waals surface area contributed by atoms with Crippen molar-refractivity contribution in [1.29, 1.82) is 0 Å². The summed E-state index contributed by atoms with van der Waals surface area (Å²) in [5, 5.41) is 1.32. The molecule has 1 aliphatic rings. The van der Waals surface area contributed by atoms with Gasteiger partial charge in [0.15, 0.2) is 6.20 Å². The first-order chi connectivity index (χ1) is 19.0. The third-order valence-electron chi connectivity index (χ3n) is 6.60. The SMILES string of the molecule is [2H]C([2H])([2H])c1cc2c(cc1-c1c(F)ccc3c1oc1c(-c4cccc[n+]4C)c(C)ccc13)C([2H])([2H])C(C)(C)C2([2H])[2H]. The van der Waals surface area contributed by atoms with Gasteiger partial charge in [-0.1, -0.05) is 38.1 Å². The summed E-state index contributed by atoms with van der Waals surface area (Å²) in [6.45, 7) is 2.19. The smallest absolute Gasteiger partial charge is 0.216 e. The zero-order valence-corrected chi connectivity index (χ0v) is 19.5. The van der Waals surface area contributed by atoms with E-state index in [2.05, 4.69) is 0 Å². The van der Waals surface area contributed by atoms with Gasteiger partial charge in [-0.15, -0.1) is 0 Å². The number of benzene rings is 3. The van der Waals surface area contributed by atoms with Crippen LogP contribution in [0, 0.1) is 25.0 Å². The molecule has 0 saturated heterocycles. The minimum Gasteiger partial charge on any atom is -0.454 e. The number of hydrogen-bond donors (Lipinski definition) is 0. The zero-order valence-electron chi connectivity index (χ0n) is 26.5. The van der Waals surface area contributed by atoms with Crippen molar-refractivity contribution in [1.82, 2.24) is 0 Å². The molecule has 3 aromatic carbocycles. The van der Waals surface area contributed by atoms with Crippen molar-refractivity contribution in [2.45, 2.75) is 40.4 Å². The third kappa shape index (κ3) is 3.10. The molecule has 34 heavy (non-hydrogen) atoms. The van der Waals surface area contributed by atoms with Gasteiger partial charge in [0.1, 0.15) is 24.0 Å². The summed E-state index contributed by atoms with van der Waals surface area (Å²) in [6.07, 6.45) is -2.40. The predicted octanol–water partition coefficient (Wildman–Crippen LogP) is 7.63. The van der Waals surface area contributed by atoms with Gasteiger partial charge in [-0.2, -0.15) is 0 Å². The first-order valence-corrected chi connectivity index (χ1v) is 11.3. The number of aryl methyl sites for hydroxylation is 3. The minimum atomic E-state index is -2.74. The van der Waals surface area contributed by atoms with E-state index in [4.69, 9.17) is 14.0 Å². The Morgan fingerprint density at radius 1 is 0.941 bits per heavy atom. The Kier molecular flexibility index (Phi) is 3.15. The lowest BCUT2D eigenvalue weighted by molar-refractivity contribution is -0.660. The van der Waals surface area contributed by atoms with Crippen LogP contribution in [0.25, 0.3) is 44.3 Å². The Balaban J connectivity index is 1.74. The van der Waals surface area contributed by atoms with Crippen LogP contribution in [-0.4, -0.2) is 0 Å².